The second kappa shape index (κ2) is 7.72. The molecule has 1 aromatic heterocycles. The predicted molar refractivity (Wildman–Crippen MR) is 104 cm³/mol. The van der Waals surface area contributed by atoms with Gasteiger partial charge < -0.3 is 5.32 Å². The van der Waals surface area contributed by atoms with E-state index >= 15 is 0 Å². The molecule has 0 spiro atoms. The second-order valence-electron chi connectivity index (χ2n) is 5.73. The highest BCUT2D eigenvalue weighted by Gasteiger charge is 2.18. The number of para-hydroxylation sites is 1. The van der Waals surface area contributed by atoms with Gasteiger partial charge >= 0.3 is 0 Å². The monoisotopic (exact) mass is 386 g/mol. The number of hydrogen-bond donors (Lipinski definition) is 2. The number of carbonyl (C=O) groups excluding carboxylic acids is 1. The molecule has 0 aliphatic rings. The highest BCUT2D eigenvalue weighted by molar-refractivity contribution is 7.92. The minimum absolute atomic E-state index is 0.150. The van der Waals surface area contributed by atoms with Crippen molar-refractivity contribution in [1.29, 1.82) is 0 Å². The molecule has 1 amide bonds. The van der Waals surface area contributed by atoms with Crippen LogP contribution in [0.15, 0.2) is 70.9 Å². The van der Waals surface area contributed by atoms with Crippen LogP contribution in [0.3, 0.4) is 0 Å². The smallest absolute Gasteiger partial charge is 0.261 e. The van der Waals surface area contributed by atoms with Crippen LogP contribution in [0.5, 0.6) is 0 Å². The Hall–Kier alpha value is -2.64. The fourth-order valence-corrected chi connectivity index (χ4v) is 4.09. The largest absolute Gasteiger partial charge is 0.347 e. The molecular formula is C19H18N2O3S2. The van der Waals surface area contributed by atoms with Gasteiger partial charge in [-0.1, -0.05) is 35.9 Å². The van der Waals surface area contributed by atoms with E-state index in [9.17, 15) is 13.2 Å². The van der Waals surface area contributed by atoms with Gasteiger partial charge in [0.1, 0.15) is 0 Å². The number of sulfonamides is 1. The zero-order valence-electron chi connectivity index (χ0n) is 14.1. The van der Waals surface area contributed by atoms with Gasteiger partial charge in [0, 0.05) is 4.88 Å². The van der Waals surface area contributed by atoms with Gasteiger partial charge in [-0.05, 0) is 42.6 Å². The summed E-state index contributed by atoms with van der Waals surface area (Å²) in [6.07, 6.45) is 0. The Balaban J connectivity index is 1.80. The van der Waals surface area contributed by atoms with Gasteiger partial charge in [-0.15, -0.1) is 11.3 Å². The van der Waals surface area contributed by atoms with E-state index in [1.54, 1.807) is 47.7 Å². The second-order valence-corrected chi connectivity index (χ2v) is 8.44. The van der Waals surface area contributed by atoms with Crippen molar-refractivity contribution in [2.75, 3.05) is 4.72 Å². The summed E-state index contributed by atoms with van der Waals surface area (Å²) in [4.78, 5) is 13.7. The Morgan fingerprint density at radius 2 is 1.73 bits per heavy atom. The van der Waals surface area contributed by atoms with Crippen molar-refractivity contribution in [2.45, 2.75) is 18.4 Å². The molecule has 0 fully saturated rings. The molecule has 0 radical (unpaired) electrons. The summed E-state index contributed by atoms with van der Waals surface area (Å²) in [5.74, 6) is -0.333. The Kier molecular flexibility index (Phi) is 5.39. The van der Waals surface area contributed by atoms with Gasteiger partial charge in [-0.25, -0.2) is 8.42 Å². The first-order valence-corrected chi connectivity index (χ1v) is 10.3. The van der Waals surface area contributed by atoms with Gasteiger partial charge in [-0.3, -0.25) is 9.52 Å². The number of thiophene rings is 1. The van der Waals surface area contributed by atoms with Crippen molar-refractivity contribution in [3.05, 3.63) is 82.0 Å². The van der Waals surface area contributed by atoms with Crippen molar-refractivity contribution in [1.82, 2.24) is 5.32 Å². The number of amides is 1. The van der Waals surface area contributed by atoms with Crippen LogP contribution in [0.2, 0.25) is 0 Å². The fraction of sp³-hybridized carbons (Fsp3) is 0.105. The first-order chi connectivity index (χ1) is 12.5. The predicted octanol–water partition coefficient (Wildman–Crippen LogP) is 3.79. The molecule has 134 valence electrons. The van der Waals surface area contributed by atoms with E-state index in [1.807, 2.05) is 24.4 Å². The van der Waals surface area contributed by atoms with Crippen LogP contribution in [-0.4, -0.2) is 14.3 Å². The number of rotatable bonds is 6. The maximum Gasteiger partial charge on any atom is 0.261 e. The highest BCUT2D eigenvalue weighted by Crippen LogP contribution is 2.21. The van der Waals surface area contributed by atoms with Crippen molar-refractivity contribution in [2.24, 2.45) is 0 Å². The minimum atomic E-state index is -3.77. The van der Waals surface area contributed by atoms with Crippen molar-refractivity contribution in [3.63, 3.8) is 0 Å². The maximum atomic E-state index is 12.6. The Labute approximate surface area is 156 Å². The molecule has 3 rings (SSSR count). The number of nitrogens with one attached hydrogen (secondary N) is 2. The molecule has 0 bridgehead atoms. The van der Waals surface area contributed by atoms with Crippen LogP contribution in [0.1, 0.15) is 20.8 Å². The van der Waals surface area contributed by atoms with Crippen LogP contribution in [-0.2, 0) is 16.6 Å². The summed E-state index contributed by atoms with van der Waals surface area (Å²) in [7, 11) is -3.77. The maximum absolute atomic E-state index is 12.6. The molecule has 0 aliphatic carbocycles. The van der Waals surface area contributed by atoms with E-state index < -0.39 is 10.0 Å². The number of aryl methyl sites for hydroxylation is 1. The van der Waals surface area contributed by atoms with Crippen LogP contribution < -0.4 is 10.0 Å². The molecule has 2 N–H and O–H groups in total. The van der Waals surface area contributed by atoms with Crippen molar-refractivity contribution >= 4 is 33.0 Å². The van der Waals surface area contributed by atoms with Gasteiger partial charge in [0.15, 0.2) is 0 Å². The normalized spacial score (nSPS) is 11.1. The molecular weight excluding hydrogens is 368 g/mol. The van der Waals surface area contributed by atoms with E-state index in [-0.39, 0.29) is 22.1 Å². The molecule has 7 heteroatoms. The third kappa shape index (κ3) is 4.30. The Morgan fingerprint density at radius 3 is 2.42 bits per heavy atom. The molecule has 0 saturated heterocycles. The van der Waals surface area contributed by atoms with Gasteiger partial charge in [0.25, 0.3) is 15.9 Å². The quantitative estimate of drug-likeness (QED) is 0.677. The van der Waals surface area contributed by atoms with Crippen molar-refractivity contribution < 1.29 is 13.2 Å². The third-order valence-electron chi connectivity index (χ3n) is 3.75. The minimum Gasteiger partial charge on any atom is -0.347 e. The fourth-order valence-electron chi connectivity index (χ4n) is 2.37. The van der Waals surface area contributed by atoms with Gasteiger partial charge in [0.05, 0.1) is 22.7 Å². The molecule has 2 aromatic carbocycles. The Morgan fingerprint density at radius 1 is 1.00 bits per heavy atom. The van der Waals surface area contributed by atoms with Gasteiger partial charge in [0.2, 0.25) is 0 Å². The lowest BCUT2D eigenvalue weighted by molar-refractivity contribution is 0.0952. The lowest BCUT2D eigenvalue weighted by atomic mass is 10.1. The summed E-state index contributed by atoms with van der Waals surface area (Å²) in [5.41, 5.74) is 1.49. The van der Waals surface area contributed by atoms with Crippen LogP contribution in [0, 0.1) is 6.92 Å². The number of hydrogen-bond acceptors (Lipinski definition) is 4. The summed E-state index contributed by atoms with van der Waals surface area (Å²) < 4.78 is 27.7. The zero-order valence-corrected chi connectivity index (χ0v) is 15.7. The lowest BCUT2D eigenvalue weighted by Gasteiger charge is -2.13. The average Bonchev–Trinajstić information content (AvgIpc) is 3.14. The number of benzene rings is 2. The molecule has 3 aromatic rings. The van der Waals surface area contributed by atoms with E-state index in [1.165, 1.54) is 12.1 Å². The summed E-state index contributed by atoms with van der Waals surface area (Å²) in [5, 5.41) is 4.75. The molecule has 1 heterocycles. The van der Waals surface area contributed by atoms with E-state index in [2.05, 4.69) is 10.0 Å². The lowest BCUT2D eigenvalue weighted by Crippen LogP contribution is -2.24. The third-order valence-corrected chi connectivity index (χ3v) is 6.01. The molecule has 0 atom stereocenters. The van der Waals surface area contributed by atoms with Crippen LogP contribution >= 0.6 is 11.3 Å². The van der Waals surface area contributed by atoms with E-state index in [0.717, 1.165) is 10.4 Å². The van der Waals surface area contributed by atoms with Crippen molar-refractivity contribution in [3.8, 4) is 0 Å². The number of anilines is 1. The topological polar surface area (TPSA) is 75.3 Å². The first-order valence-electron chi connectivity index (χ1n) is 7.95. The molecule has 0 saturated carbocycles. The van der Waals surface area contributed by atoms with Crippen LogP contribution in [0.4, 0.5) is 5.69 Å². The molecule has 0 aliphatic heterocycles. The molecule has 26 heavy (non-hydrogen) atoms. The number of carbonyl (C=O) groups is 1. The summed E-state index contributed by atoms with van der Waals surface area (Å²) in [6, 6.07) is 16.9. The Bertz CT molecular complexity index is 996. The van der Waals surface area contributed by atoms with Gasteiger partial charge in [-0.2, -0.15) is 0 Å². The average molecular weight is 386 g/mol. The first kappa shape index (κ1) is 18.2. The molecule has 5 nitrogen and oxygen atoms in total. The zero-order chi connectivity index (χ0) is 18.6. The summed E-state index contributed by atoms with van der Waals surface area (Å²) >= 11 is 1.55. The van der Waals surface area contributed by atoms with E-state index in [0.29, 0.717) is 6.54 Å². The SMILES string of the molecule is Cc1ccc(S(=O)(=O)Nc2ccccc2C(=O)NCc2cccs2)cc1. The van der Waals surface area contributed by atoms with E-state index in [4.69, 9.17) is 0 Å². The highest BCUT2D eigenvalue weighted by atomic mass is 32.2. The van der Waals surface area contributed by atoms with Crippen LogP contribution in [0.25, 0.3) is 0 Å². The summed E-state index contributed by atoms with van der Waals surface area (Å²) in [6.45, 7) is 2.28. The molecule has 0 unspecified atom stereocenters. The standard InChI is InChI=1S/C19H18N2O3S2/c1-14-8-10-16(11-9-14)26(23,24)21-18-7-3-2-6-17(18)19(22)20-13-15-5-4-12-25-15/h2-12,21H,13H2,1H3,(H,20,22).